The Hall–Kier alpha value is -1.73. The molecule has 0 aliphatic carbocycles. The molecule has 0 radical (unpaired) electrons. The van der Waals surface area contributed by atoms with Gasteiger partial charge in [0, 0.05) is 10.6 Å². The summed E-state index contributed by atoms with van der Waals surface area (Å²) in [4.78, 5) is 42.6. The van der Waals surface area contributed by atoms with Gasteiger partial charge in [-0.25, -0.2) is 9.78 Å². The molecule has 2 unspecified atom stereocenters. The number of ether oxygens (including phenoxy) is 1. The van der Waals surface area contributed by atoms with E-state index in [0.29, 0.717) is 0 Å². The van der Waals surface area contributed by atoms with Gasteiger partial charge in [-0.2, -0.15) is 0 Å². The van der Waals surface area contributed by atoms with Crippen LogP contribution >= 0.6 is 57.9 Å². The first kappa shape index (κ1) is 22.9. The fourth-order valence-corrected chi connectivity index (χ4v) is 4.80. The van der Waals surface area contributed by atoms with Gasteiger partial charge in [-0.1, -0.05) is 40.0 Å². The van der Waals surface area contributed by atoms with Crippen molar-refractivity contribution in [1.29, 1.82) is 0 Å². The molecular formula is C15H14Cl3N5O5S2. The third kappa shape index (κ3) is 4.78. The van der Waals surface area contributed by atoms with E-state index >= 15 is 0 Å². The van der Waals surface area contributed by atoms with Crippen molar-refractivity contribution >= 4 is 86.5 Å². The highest BCUT2D eigenvalue weighted by atomic mass is 35.6. The number of esters is 1. The number of aromatic nitrogens is 1. The summed E-state index contributed by atoms with van der Waals surface area (Å²) >= 11 is 19.2. The van der Waals surface area contributed by atoms with Crippen LogP contribution in [-0.2, 0) is 19.1 Å². The summed E-state index contributed by atoms with van der Waals surface area (Å²) in [6.07, 6.45) is 1.55. The number of nitrogens with zero attached hydrogens (tertiary/aromatic N) is 3. The van der Waals surface area contributed by atoms with E-state index in [-0.39, 0.29) is 27.5 Å². The highest BCUT2D eigenvalue weighted by Gasteiger charge is 2.54. The van der Waals surface area contributed by atoms with E-state index in [1.165, 1.54) is 22.0 Å². The lowest BCUT2D eigenvalue weighted by Crippen LogP contribution is -2.71. The van der Waals surface area contributed by atoms with Gasteiger partial charge < -0.3 is 21.0 Å². The van der Waals surface area contributed by atoms with Crippen molar-refractivity contribution in [2.75, 3.05) is 12.3 Å². The third-order valence-corrected chi connectivity index (χ3v) is 6.32. The van der Waals surface area contributed by atoms with Crippen LogP contribution in [0.5, 0.6) is 0 Å². The molecule has 3 atom stereocenters. The highest BCUT2D eigenvalue weighted by Crippen LogP contribution is 2.41. The van der Waals surface area contributed by atoms with Crippen LogP contribution in [0, 0.1) is 0 Å². The number of β-lactam (4-membered cyclic amide) rings is 1. The van der Waals surface area contributed by atoms with Crippen LogP contribution in [-0.4, -0.2) is 65.7 Å². The maximum absolute atomic E-state index is 12.6. The van der Waals surface area contributed by atoms with E-state index in [2.05, 4.69) is 15.5 Å². The van der Waals surface area contributed by atoms with Crippen molar-refractivity contribution < 1.29 is 24.3 Å². The zero-order chi connectivity index (χ0) is 22.2. The number of nitrogens with two attached hydrogens (primary N) is 1. The van der Waals surface area contributed by atoms with Crippen LogP contribution in [0.15, 0.2) is 22.3 Å². The van der Waals surface area contributed by atoms with Crippen LogP contribution in [0.4, 0.5) is 5.13 Å². The average molecular weight is 515 g/mol. The minimum Gasteiger partial charge on any atom is -0.456 e. The van der Waals surface area contributed by atoms with Gasteiger partial charge in [-0.15, -0.1) is 23.1 Å². The number of nitrogens with one attached hydrogen (secondary N) is 1. The van der Waals surface area contributed by atoms with Crippen molar-refractivity contribution in [2.24, 2.45) is 5.16 Å². The van der Waals surface area contributed by atoms with Crippen molar-refractivity contribution in [2.45, 2.75) is 27.4 Å². The largest absolute Gasteiger partial charge is 0.456 e. The first-order chi connectivity index (χ1) is 14.0. The van der Waals surface area contributed by atoms with Crippen LogP contribution in [0.25, 0.3) is 0 Å². The number of fused-ring (bicyclic) bond motifs is 1. The first-order valence-corrected chi connectivity index (χ1v) is 11.2. The second-order valence-corrected chi connectivity index (χ2v) is 11.1. The molecule has 0 bridgehead atoms. The lowest BCUT2D eigenvalue weighted by Gasteiger charge is -2.49. The van der Waals surface area contributed by atoms with E-state index in [1.807, 2.05) is 6.92 Å². The SMILES string of the molecule is CC1C=C(C(=O)OCC(Cl)(Cl)Cl)N2C(=O)C(NC(=O)C(=NO)c3csc(N)n3)[C@@H]2S1. The van der Waals surface area contributed by atoms with Crippen LogP contribution < -0.4 is 11.1 Å². The number of hydrogen-bond donors (Lipinski definition) is 3. The van der Waals surface area contributed by atoms with E-state index in [9.17, 15) is 19.6 Å². The molecule has 1 aromatic heterocycles. The zero-order valence-corrected chi connectivity index (χ0v) is 18.9. The number of oxime groups is 1. The maximum Gasteiger partial charge on any atom is 0.354 e. The molecule has 2 amide bonds. The van der Waals surface area contributed by atoms with Crippen molar-refractivity contribution in [1.82, 2.24) is 15.2 Å². The summed E-state index contributed by atoms with van der Waals surface area (Å²) in [5.74, 6) is -2.18. The van der Waals surface area contributed by atoms with Gasteiger partial charge in [0.1, 0.15) is 29.4 Å². The Morgan fingerprint density at radius 1 is 1.47 bits per heavy atom. The standard InChI is InChI=1S/C15H14Cl3N5O5S2/c1-5-2-7(13(26)28-4-15(16,17)18)23-11(25)9(12(23)30-5)21-10(24)8(22-27)6-3-29-14(19)20-6/h2-3,5,9,12,27H,4H2,1H3,(H2,19,20)(H,21,24)/t5?,9?,12-/m0/s1. The number of amides is 2. The van der Waals surface area contributed by atoms with Crippen molar-refractivity contribution in [3.8, 4) is 0 Å². The Morgan fingerprint density at radius 3 is 2.73 bits per heavy atom. The van der Waals surface area contributed by atoms with E-state index in [4.69, 9.17) is 45.3 Å². The van der Waals surface area contributed by atoms with Crippen LogP contribution in [0.3, 0.4) is 0 Å². The van der Waals surface area contributed by atoms with Gasteiger partial charge >= 0.3 is 5.97 Å². The Balaban J connectivity index is 1.71. The van der Waals surface area contributed by atoms with Crippen LogP contribution in [0.2, 0.25) is 0 Å². The minimum absolute atomic E-state index is 0.000627. The van der Waals surface area contributed by atoms with E-state index in [1.54, 1.807) is 6.08 Å². The van der Waals surface area contributed by atoms with Crippen molar-refractivity contribution in [3.63, 3.8) is 0 Å². The van der Waals surface area contributed by atoms with Gasteiger partial charge in [0.05, 0.1) is 0 Å². The van der Waals surface area contributed by atoms with Gasteiger partial charge in [-0.05, 0) is 13.0 Å². The summed E-state index contributed by atoms with van der Waals surface area (Å²) in [7, 11) is 0. The second kappa shape index (κ2) is 8.79. The molecule has 2 aliphatic rings. The lowest BCUT2D eigenvalue weighted by atomic mass is 10.0. The molecule has 0 saturated carbocycles. The van der Waals surface area contributed by atoms with E-state index < -0.39 is 39.6 Å². The fourth-order valence-electron chi connectivity index (χ4n) is 2.76. The highest BCUT2D eigenvalue weighted by molar-refractivity contribution is 8.00. The predicted octanol–water partition coefficient (Wildman–Crippen LogP) is 1.49. The third-order valence-electron chi connectivity index (χ3n) is 3.99. The number of alkyl halides is 3. The molecule has 4 N–H and O–H groups in total. The Morgan fingerprint density at radius 2 is 2.17 bits per heavy atom. The first-order valence-electron chi connectivity index (χ1n) is 8.20. The molecule has 30 heavy (non-hydrogen) atoms. The summed E-state index contributed by atoms with van der Waals surface area (Å²) in [5, 5.41) is 15.5. The van der Waals surface area contributed by atoms with Crippen molar-refractivity contribution in [3.05, 3.63) is 22.8 Å². The van der Waals surface area contributed by atoms with Crippen LogP contribution in [0.1, 0.15) is 12.6 Å². The van der Waals surface area contributed by atoms with E-state index in [0.717, 1.165) is 11.3 Å². The zero-order valence-electron chi connectivity index (χ0n) is 15.0. The van der Waals surface area contributed by atoms with Gasteiger partial charge in [0.2, 0.25) is 3.79 Å². The molecule has 3 rings (SSSR count). The molecule has 1 aromatic rings. The quantitative estimate of drug-likeness (QED) is 0.134. The van der Waals surface area contributed by atoms with Gasteiger partial charge in [-0.3, -0.25) is 14.5 Å². The average Bonchev–Trinajstić information content (AvgIpc) is 3.09. The molecule has 2 aliphatic heterocycles. The Bertz CT molecular complexity index is 947. The van der Waals surface area contributed by atoms with Gasteiger partial charge in [0.15, 0.2) is 10.8 Å². The summed E-state index contributed by atoms with van der Waals surface area (Å²) in [6, 6.07) is -0.956. The fraction of sp³-hybridized carbons (Fsp3) is 0.400. The summed E-state index contributed by atoms with van der Waals surface area (Å²) in [5.41, 5.74) is 5.21. The summed E-state index contributed by atoms with van der Waals surface area (Å²) < 4.78 is 3.17. The van der Waals surface area contributed by atoms with Gasteiger partial charge in [0.25, 0.3) is 11.8 Å². The smallest absolute Gasteiger partial charge is 0.354 e. The molecule has 0 aromatic carbocycles. The number of thioether (sulfide) groups is 1. The topological polar surface area (TPSA) is 147 Å². The summed E-state index contributed by atoms with van der Waals surface area (Å²) in [6.45, 7) is 1.32. The molecule has 3 heterocycles. The number of thiazole rings is 1. The molecule has 1 fully saturated rings. The Kier molecular flexibility index (Phi) is 6.72. The number of carbonyl (C=O) groups is 3. The molecule has 10 nitrogen and oxygen atoms in total. The Labute approximate surface area is 193 Å². The molecule has 1 saturated heterocycles. The maximum atomic E-state index is 12.6. The normalized spacial score (nSPS) is 23.9. The molecule has 15 heteroatoms. The predicted molar refractivity (Wildman–Crippen MR) is 114 cm³/mol. The molecule has 0 spiro atoms. The minimum atomic E-state index is -1.79. The number of anilines is 1. The number of nitrogen functional groups attached to an aromatic ring is 1. The number of rotatable bonds is 5. The molecular weight excluding hydrogens is 501 g/mol. The lowest BCUT2D eigenvalue weighted by molar-refractivity contribution is -0.152. The number of hydrogen-bond acceptors (Lipinski definition) is 10. The number of halogens is 3. The monoisotopic (exact) mass is 513 g/mol. The second-order valence-electron chi connectivity index (χ2n) is 6.15. The molecule has 162 valence electrons. The number of carbonyl (C=O) groups excluding carboxylic acids is 3.